The number of hydrogen-bond acceptors (Lipinski definition) is 6. The highest BCUT2D eigenvalue weighted by Gasteiger charge is 2.12. The summed E-state index contributed by atoms with van der Waals surface area (Å²) in [4.78, 5) is 28.2. The van der Waals surface area contributed by atoms with Crippen molar-refractivity contribution >= 4 is 49.8 Å². The molecule has 0 atom stereocenters. The van der Waals surface area contributed by atoms with E-state index >= 15 is 0 Å². The highest BCUT2D eigenvalue weighted by Crippen LogP contribution is 2.29. The van der Waals surface area contributed by atoms with E-state index in [1.807, 2.05) is 38.1 Å². The third kappa shape index (κ3) is 6.00. The molecule has 1 aromatic carbocycles. The van der Waals surface area contributed by atoms with Gasteiger partial charge in [0, 0.05) is 49.2 Å². The summed E-state index contributed by atoms with van der Waals surface area (Å²) in [6.45, 7) is 5.99. The molecule has 0 unspecified atom stereocenters. The second kappa shape index (κ2) is 11.5. The number of hydrogen-bond donors (Lipinski definition) is 2. The summed E-state index contributed by atoms with van der Waals surface area (Å²) < 4.78 is 14.7. The zero-order valence-electron chi connectivity index (χ0n) is 17.9. The summed E-state index contributed by atoms with van der Waals surface area (Å²) in [7, 11) is 0. The van der Waals surface area contributed by atoms with Crippen molar-refractivity contribution < 1.29 is 14.3 Å². The van der Waals surface area contributed by atoms with Gasteiger partial charge in [-0.2, -0.15) is 0 Å². The Kier molecular flexibility index (Phi) is 8.77. The molecule has 9 heteroatoms. The van der Waals surface area contributed by atoms with Gasteiger partial charge >= 0.3 is 0 Å². The minimum atomic E-state index is -0.285. The van der Waals surface area contributed by atoms with Gasteiger partial charge in [-0.25, -0.2) is 0 Å². The SMILES string of the molecule is CCOC(CCNC(=O)CCCCn1c(=S)[nH]c2c(sc3ccccc32)c1=O)OCC. The zero-order valence-corrected chi connectivity index (χ0v) is 19.6. The van der Waals surface area contributed by atoms with Crippen molar-refractivity contribution in [2.24, 2.45) is 0 Å². The maximum atomic E-state index is 12.9. The number of aromatic nitrogens is 2. The first kappa shape index (κ1) is 23.6. The monoisotopic (exact) mass is 463 g/mol. The first-order valence-corrected chi connectivity index (χ1v) is 11.9. The summed E-state index contributed by atoms with van der Waals surface area (Å²) in [5.74, 6) is -0.00999. The number of H-pyrrole nitrogens is 1. The van der Waals surface area contributed by atoms with Crippen LogP contribution in [-0.2, 0) is 20.8 Å². The van der Waals surface area contributed by atoms with Crippen molar-refractivity contribution in [1.29, 1.82) is 0 Å². The number of benzene rings is 1. The molecule has 31 heavy (non-hydrogen) atoms. The minimum Gasteiger partial charge on any atom is -0.356 e. The molecule has 2 N–H and O–H groups in total. The Morgan fingerprint density at radius 2 is 1.97 bits per heavy atom. The number of amides is 1. The van der Waals surface area contributed by atoms with E-state index in [-0.39, 0.29) is 17.8 Å². The van der Waals surface area contributed by atoms with Gasteiger partial charge in [0.2, 0.25) is 5.91 Å². The molecule has 2 aromatic heterocycles. The summed E-state index contributed by atoms with van der Waals surface area (Å²) in [5, 5.41) is 3.92. The first-order chi connectivity index (χ1) is 15.0. The lowest BCUT2D eigenvalue weighted by Gasteiger charge is -2.16. The fourth-order valence-electron chi connectivity index (χ4n) is 3.47. The number of nitrogens with zero attached hydrogens (tertiary/aromatic N) is 1. The number of unbranched alkanes of at least 4 members (excludes halogenated alkanes) is 1. The topological polar surface area (TPSA) is 85.4 Å². The van der Waals surface area contributed by atoms with Crippen LogP contribution in [-0.4, -0.2) is 41.5 Å². The maximum Gasteiger partial charge on any atom is 0.272 e. The van der Waals surface area contributed by atoms with Gasteiger partial charge in [0.1, 0.15) is 4.70 Å². The molecule has 0 saturated carbocycles. The van der Waals surface area contributed by atoms with Crippen molar-refractivity contribution in [2.75, 3.05) is 19.8 Å². The number of fused-ring (bicyclic) bond motifs is 3. The number of carbonyl (C=O) groups is 1. The van der Waals surface area contributed by atoms with Gasteiger partial charge in [0.15, 0.2) is 11.1 Å². The van der Waals surface area contributed by atoms with Crippen LogP contribution in [0.5, 0.6) is 0 Å². The Hall–Kier alpha value is -2.07. The average molecular weight is 464 g/mol. The minimum absolute atomic E-state index is 0.00999. The van der Waals surface area contributed by atoms with Crippen LogP contribution in [0.15, 0.2) is 29.1 Å². The van der Waals surface area contributed by atoms with Crippen molar-refractivity contribution in [3.8, 4) is 0 Å². The molecule has 0 aliphatic heterocycles. The fourth-order valence-corrected chi connectivity index (χ4v) is 4.86. The van der Waals surface area contributed by atoms with Gasteiger partial charge in [-0.3, -0.25) is 14.2 Å². The number of ether oxygens (including phenoxy) is 2. The molecule has 3 rings (SSSR count). The number of nitrogens with one attached hydrogen (secondary N) is 2. The zero-order chi connectivity index (χ0) is 22.2. The van der Waals surface area contributed by atoms with Crippen LogP contribution in [0.3, 0.4) is 0 Å². The Bertz CT molecular complexity index is 1130. The van der Waals surface area contributed by atoms with E-state index in [1.54, 1.807) is 4.57 Å². The maximum absolute atomic E-state index is 12.9. The lowest BCUT2D eigenvalue weighted by molar-refractivity contribution is -0.139. The molecule has 7 nitrogen and oxygen atoms in total. The summed E-state index contributed by atoms with van der Waals surface area (Å²) in [6, 6.07) is 7.91. The molecule has 0 radical (unpaired) electrons. The molecule has 168 valence electrons. The quantitative estimate of drug-likeness (QED) is 0.237. The van der Waals surface area contributed by atoms with E-state index in [1.165, 1.54) is 11.3 Å². The molecule has 1 amide bonds. The van der Waals surface area contributed by atoms with E-state index in [0.29, 0.717) is 61.5 Å². The fraction of sp³-hybridized carbons (Fsp3) is 0.500. The third-order valence-corrected chi connectivity index (χ3v) is 6.44. The van der Waals surface area contributed by atoms with Crippen molar-refractivity contribution in [1.82, 2.24) is 14.9 Å². The molecule has 3 aromatic rings. The lowest BCUT2D eigenvalue weighted by Crippen LogP contribution is -2.29. The van der Waals surface area contributed by atoms with E-state index in [4.69, 9.17) is 21.7 Å². The molecule has 0 aliphatic carbocycles. The van der Waals surface area contributed by atoms with Crippen molar-refractivity contribution in [3.63, 3.8) is 0 Å². The van der Waals surface area contributed by atoms with Crippen LogP contribution in [0, 0.1) is 4.77 Å². The normalized spacial score (nSPS) is 11.6. The molecule has 0 aliphatic rings. The van der Waals surface area contributed by atoms with E-state index in [2.05, 4.69) is 10.3 Å². The molecular weight excluding hydrogens is 434 g/mol. The summed E-state index contributed by atoms with van der Waals surface area (Å²) >= 11 is 6.91. The standard InChI is InChI=1S/C22H29N3O4S2/c1-3-28-18(29-4-2)12-13-23-17(26)11-7-8-14-25-21(27)20-19(24-22(25)30)15-9-5-6-10-16(15)31-20/h5-6,9-10,18H,3-4,7-8,11-14H2,1-2H3,(H,23,26)(H,24,30). The molecule has 2 heterocycles. The summed E-state index contributed by atoms with van der Waals surface area (Å²) in [5.41, 5.74) is 0.742. The highest BCUT2D eigenvalue weighted by molar-refractivity contribution is 7.71. The van der Waals surface area contributed by atoms with Gasteiger partial charge in [-0.1, -0.05) is 18.2 Å². The Morgan fingerprint density at radius 3 is 2.71 bits per heavy atom. The van der Waals surface area contributed by atoms with Crippen LogP contribution in [0.2, 0.25) is 0 Å². The largest absolute Gasteiger partial charge is 0.356 e. The Balaban J connectivity index is 1.50. The second-order valence-electron chi connectivity index (χ2n) is 7.13. The predicted molar refractivity (Wildman–Crippen MR) is 127 cm³/mol. The molecule has 0 fully saturated rings. The van der Waals surface area contributed by atoms with Gasteiger partial charge in [0.25, 0.3) is 5.56 Å². The number of thiophene rings is 1. The lowest BCUT2D eigenvalue weighted by atomic mass is 10.2. The first-order valence-electron chi connectivity index (χ1n) is 10.7. The smallest absolute Gasteiger partial charge is 0.272 e. The average Bonchev–Trinajstić information content (AvgIpc) is 3.12. The summed E-state index contributed by atoms with van der Waals surface area (Å²) in [6.07, 6.45) is 2.12. The van der Waals surface area contributed by atoms with Gasteiger partial charge in [0.05, 0.1) is 5.52 Å². The van der Waals surface area contributed by atoms with Crippen LogP contribution in [0.1, 0.15) is 39.5 Å². The van der Waals surface area contributed by atoms with Crippen molar-refractivity contribution in [3.05, 3.63) is 39.4 Å². The van der Waals surface area contributed by atoms with Gasteiger partial charge in [-0.15, -0.1) is 11.3 Å². The molecule has 0 saturated heterocycles. The Morgan fingerprint density at radius 1 is 1.23 bits per heavy atom. The van der Waals surface area contributed by atoms with Crippen LogP contribution in [0.4, 0.5) is 0 Å². The second-order valence-corrected chi connectivity index (χ2v) is 8.56. The van der Waals surface area contributed by atoms with Crippen LogP contribution >= 0.6 is 23.6 Å². The number of rotatable bonds is 12. The number of carbonyl (C=O) groups excluding carboxylic acids is 1. The third-order valence-electron chi connectivity index (χ3n) is 4.95. The molecule has 0 spiro atoms. The van der Waals surface area contributed by atoms with Crippen molar-refractivity contribution in [2.45, 2.75) is 52.4 Å². The predicted octanol–water partition coefficient (Wildman–Crippen LogP) is 4.35. The highest BCUT2D eigenvalue weighted by atomic mass is 32.1. The van der Waals surface area contributed by atoms with Gasteiger partial charge in [-0.05, 0) is 45.0 Å². The van der Waals surface area contributed by atoms with Crippen LogP contribution in [0.25, 0.3) is 20.3 Å². The van der Waals surface area contributed by atoms with Gasteiger partial charge < -0.3 is 19.8 Å². The Labute approximate surface area is 190 Å². The van der Waals surface area contributed by atoms with E-state index in [9.17, 15) is 9.59 Å². The van der Waals surface area contributed by atoms with E-state index in [0.717, 1.165) is 15.6 Å². The molecular formula is C22H29N3O4S2. The molecule has 0 bridgehead atoms. The number of aromatic amines is 1. The van der Waals surface area contributed by atoms with E-state index < -0.39 is 0 Å². The van der Waals surface area contributed by atoms with Crippen LogP contribution < -0.4 is 10.9 Å².